The highest BCUT2D eigenvalue weighted by Crippen LogP contribution is 2.26. The zero-order chi connectivity index (χ0) is 12.5. The van der Waals surface area contributed by atoms with Crippen LogP contribution in [0.1, 0.15) is 23.2 Å². The Bertz CT molecular complexity index is 472. The molecular weight excluding hydrogens is 228 g/mol. The second-order valence-corrected chi connectivity index (χ2v) is 5.04. The number of nitrogens with one attached hydrogen (secondary N) is 1. The number of hydrogen-bond acceptors (Lipinski definition) is 2. The van der Waals surface area contributed by atoms with E-state index in [-0.39, 0.29) is 17.9 Å². The Morgan fingerprint density at radius 2 is 2.06 bits per heavy atom. The van der Waals surface area contributed by atoms with Gasteiger partial charge in [-0.1, -0.05) is 18.2 Å². The van der Waals surface area contributed by atoms with Gasteiger partial charge in [0, 0.05) is 37.0 Å². The van der Waals surface area contributed by atoms with Crippen LogP contribution in [-0.2, 0) is 4.79 Å². The van der Waals surface area contributed by atoms with E-state index in [4.69, 9.17) is 0 Å². The van der Waals surface area contributed by atoms with E-state index in [1.165, 1.54) is 0 Å². The van der Waals surface area contributed by atoms with Gasteiger partial charge in [0.15, 0.2) is 0 Å². The summed E-state index contributed by atoms with van der Waals surface area (Å²) in [4.78, 5) is 25.5. The fourth-order valence-electron chi connectivity index (χ4n) is 2.88. The zero-order valence-electron chi connectivity index (χ0n) is 10.1. The van der Waals surface area contributed by atoms with Gasteiger partial charge in [0.1, 0.15) is 0 Å². The molecule has 2 aliphatic heterocycles. The Morgan fingerprint density at radius 3 is 2.83 bits per heavy atom. The molecule has 0 spiro atoms. The number of likely N-dealkylation sites (tertiary alicyclic amines) is 1. The van der Waals surface area contributed by atoms with Crippen LogP contribution in [0.25, 0.3) is 0 Å². The van der Waals surface area contributed by atoms with E-state index in [1.807, 2.05) is 35.2 Å². The summed E-state index contributed by atoms with van der Waals surface area (Å²) < 4.78 is 0. The lowest BCUT2D eigenvalue weighted by Crippen LogP contribution is -2.47. The molecule has 1 N–H and O–H groups in total. The number of carbonyl (C=O) groups excluding carboxylic acids is 2. The summed E-state index contributed by atoms with van der Waals surface area (Å²) in [6.45, 7) is 1.42. The normalized spacial score (nSPS) is 26.7. The van der Waals surface area contributed by atoms with E-state index >= 15 is 0 Å². The van der Waals surface area contributed by atoms with Gasteiger partial charge < -0.3 is 10.2 Å². The van der Waals surface area contributed by atoms with E-state index in [2.05, 4.69) is 5.32 Å². The molecule has 1 aromatic carbocycles. The van der Waals surface area contributed by atoms with Crippen LogP contribution in [0.3, 0.4) is 0 Å². The van der Waals surface area contributed by atoms with Crippen LogP contribution >= 0.6 is 0 Å². The van der Waals surface area contributed by atoms with Gasteiger partial charge in [0.25, 0.3) is 5.91 Å². The summed E-state index contributed by atoms with van der Waals surface area (Å²) in [5.41, 5.74) is 0.730. The first-order valence-electron chi connectivity index (χ1n) is 6.38. The highest BCUT2D eigenvalue weighted by Gasteiger charge is 2.38. The van der Waals surface area contributed by atoms with Gasteiger partial charge >= 0.3 is 0 Å². The van der Waals surface area contributed by atoms with Gasteiger partial charge in [-0.3, -0.25) is 9.59 Å². The molecule has 2 heterocycles. The maximum Gasteiger partial charge on any atom is 0.253 e. The van der Waals surface area contributed by atoms with E-state index in [1.54, 1.807) is 0 Å². The van der Waals surface area contributed by atoms with Crippen LogP contribution in [0, 0.1) is 5.92 Å². The lowest BCUT2D eigenvalue weighted by molar-refractivity contribution is -0.119. The average molecular weight is 244 g/mol. The van der Waals surface area contributed by atoms with Crippen molar-refractivity contribution in [3.8, 4) is 0 Å². The fourth-order valence-corrected chi connectivity index (χ4v) is 2.88. The van der Waals surface area contributed by atoms with E-state index in [9.17, 15) is 9.59 Å². The van der Waals surface area contributed by atoms with Gasteiger partial charge in [0.05, 0.1) is 0 Å². The number of piperidine rings is 1. The molecule has 4 nitrogen and oxygen atoms in total. The molecule has 1 aromatic rings. The minimum absolute atomic E-state index is 0.0772. The van der Waals surface area contributed by atoms with Gasteiger partial charge in [-0.2, -0.15) is 0 Å². The third-order valence-electron chi connectivity index (χ3n) is 3.84. The van der Waals surface area contributed by atoms with Gasteiger partial charge in [-0.05, 0) is 18.6 Å². The largest absolute Gasteiger partial charge is 0.353 e. The standard InChI is InChI=1S/C14H16N2O2/c17-13-8-11-9-16(7-6-12(11)15-13)14(18)10-4-2-1-3-5-10/h1-5,11-12H,6-9H2,(H,15,17)/t11-,12+/m0/s1. The molecule has 3 rings (SSSR count). The number of amides is 2. The van der Waals surface area contributed by atoms with Crippen LogP contribution in [0.15, 0.2) is 30.3 Å². The monoisotopic (exact) mass is 244 g/mol. The molecule has 0 radical (unpaired) electrons. The first-order valence-corrected chi connectivity index (χ1v) is 6.38. The molecule has 0 aliphatic carbocycles. The van der Waals surface area contributed by atoms with Crippen LogP contribution in [-0.4, -0.2) is 35.8 Å². The number of carbonyl (C=O) groups is 2. The third kappa shape index (κ3) is 1.98. The van der Waals surface area contributed by atoms with E-state index < -0.39 is 0 Å². The quantitative estimate of drug-likeness (QED) is 0.802. The van der Waals surface area contributed by atoms with E-state index in [0.717, 1.165) is 18.5 Å². The molecular formula is C14H16N2O2. The predicted octanol–water partition coefficient (Wildman–Crippen LogP) is 1.04. The minimum atomic E-state index is 0.0772. The van der Waals surface area contributed by atoms with Crippen molar-refractivity contribution >= 4 is 11.8 Å². The van der Waals surface area contributed by atoms with Crippen molar-refractivity contribution in [3.05, 3.63) is 35.9 Å². The maximum absolute atomic E-state index is 12.3. The number of fused-ring (bicyclic) bond motifs is 1. The molecule has 2 saturated heterocycles. The lowest BCUT2D eigenvalue weighted by Gasteiger charge is -2.34. The molecule has 2 atom stereocenters. The van der Waals surface area contributed by atoms with Crippen molar-refractivity contribution in [2.75, 3.05) is 13.1 Å². The minimum Gasteiger partial charge on any atom is -0.353 e. The molecule has 18 heavy (non-hydrogen) atoms. The topological polar surface area (TPSA) is 49.4 Å². The summed E-state index contributed by atoms with van der Waals surface area (Å²) in [5.74, 6) is 0.492. The van der Waals surface area contributed by atoms with Crippen LogP contribution in [0.5, 0.6) is 0 Å². The first kappa shape index (κ1) is 11.3. The van der Waals surface area contributed by atoms with Gasteiger partial charge in [-0.25, -0.2) is 0 Å². The van der Waals surface area contributed by atoms with Crippen LogP contribution in [0.2, 0.25) is 0 Å². The van der Waals surface area contributed by atoms with Crippen molar-refractivity contribution in [2.24, 2.45) is 5.92 Å². The molecule has 2 fully saturated rings. The van der Waals surface area contributed by atoms with Crippen molar-refractivity contribution in [1.82, 2.24) is 10.2 Å². The summed E-state index contributed by atoms with van der Waals surface area (Å²) in [6.07, 6.45) is 1.43. The molecule has 0 saturated carbocycles. The molecule has 0 unspecified atom stereocenters. The smallest absolute Gasteiger partial charge is 0.253 e. The Balaban J connectivity index is 1.71. The Labute approximate surface area is 106 Å². The summed E-state index contributed by atoms with van der Waals surface area (Å²) in [6, 6.07) is 9.61. The number of nitrogens with zero attached hydrogens (tertiary/aromatic N) is 1. The summed E-state index contributed by atoms with van der Waals surface area (Å²) in [7, 11) is 0. The van der Waals surface area contributed by atoms with Gasteiger partial charge in [0.2, 0.25) is 5.91 Å². The van der Waals surface area contributed by atoms with Crippen molar-refractivity contribution in [1.29, 1.82) is 0 Å². The van der Waals surface area contributed by atoms with Crippen molar-refractivity contribution in [3.63, 3.8) is 0 Å². The number of hydrogen-bond donors (Lipinski definition) is 1. The molecule has 2 aliphatic rings. The molecule has 4 heteroatoms. The maximum atomic E-state index is 12.3. The Morgan fingerprint density at radius 1 is 1.28 bits per heavy atom. The molecule has 0 aromatic heterocycles. The predicted molar refractivity (Wildman–Crippen MR) is 67.0 cm³/mol. The SMILES string of the molecule is O=C1C[C@H]2CN(C(=O)c3ccccc3)CC[C@H]2N1. The second kappa shape index (κ2) is 4.44. The molecule has 94 valence electrons. The lowest BCUT2D eigenvalue weighted by atomic mass is 9.93. The zero-order valence-corrected chi connectivity index (χ0v) is 10.1. The first-order chi connectivity index (χ1) is 8.74. The third-order valence-corrected chi connectivity index (χ3v) is 3.84. The fraction of sp³-hybridized carbons (Fsp3) is 0.429. The number of benzene rings is 1. The number of rotatable bonds is 1. The summed E-state index contributed by atoms with van der Waals surface area (Å²) >= 11 is 0. The van der Waals surface area contributed by atoms with Crippen LogP contribution in [0.4, 0.5) is 0 Å². The van der Waals surface area contributed by atoms with Gasteiger partial charge in [-0.15, -0.1) is 0 Å². The van der Waals surface area contributed by atoms with Crippen molar-refractivity contribution in [2.45, 2.75) is 18.9 Å². The van der Waals surface area contributed by atoms with E-state index in [0.29, 0.717) is 18.9 Å². The summed E-state index contributed by atoms with van der Waals surface area (Å²) in [5, 5.41) is 2.98. The molecule has 0 bridgehead atoms. The highest BCUT2D eigenvalue weighted by atomic mass is 16.2. The molecule has 2 amide bonds. The Kier molecular flexibility index (Phi) is 2.78. The highest BCUT2D eigenvalue weighted by molar-refractivity contribution is 5.94. The van der Waals surface area contributed by atoms with Crippen molar-refractivity contribution < 1.29 is 9.59 Å². The Hall–Kier alpha value is -1.84. The van der Waals surface area contributed by atoms with Crippen LogP contribution < -0.4 is 5.32 Å². The average Bonchev–Trinajstić information content (AvgIpc) is 2.78. The second-order valence-electron chi connectivity index (χ2n) is 5.04.